The van der Waals surface area contributed by atoms with Crippen LogP contribution in [0.1, 0.15) is 58.3 Å². The summed E-state index contributed by atoms with van der Waals surface area (Å²) in [5.41, 5.74) is 2.38. The lowest BCUT2D eigenvalue weighted by atomic mass is 10.1. The maximum atomic E-state index is 5.94. The number of hydrogen-bond acceptors (Lipinski definition) is 2. The summed E-state index contributed by atoms with van der Waals surface area (Å²) >= 11 is 0. The molecule has 0 N–H and O–H groups in total. The van der Waals surface area contributed by atoms with E-state index in [0.717, 1.165) is 25.0 Å². The normalized spacial score (nSPS) is 22.5. The minimum absolute atomic E-state index is 0.730. The summed E-state index contributed by atoms with van der Waals surface area (Å²) < 4.78 is 11.7. The first-order valence-corrected chi connectivity index (χ1v) is 9.42. The minimum Gasteiger partial charge on any atom is -0.524 e. The maximum absolute atomic E-state index is 5.94. The largest absolute Gasteiger partial charge is 0.524 e. The van der Waals surface area contributed by atoms with E-state index in [1.54, 1.807) is 0 Å². The molecule has 3 heteroatoms. The molecule has 2 saturated carbocycles. The van der Waals surface area contributed by atoms with Crippen molar-refractivity contribution >= 4 is 14.6 Å². The molecule has 2 nitrogen and oxygen atoms in total. The summed E-state index contributed by atoms with van der Waals surface area (Å²) in [5.74, 6) is 1.56. The van der Waals surface area contributed by atoms with Crippen molar-refractivity contribution < 1.29 is 8.85 Å². The number of rotatable bonds is 7. The van der Waals surface area contributed by atoms with E-state index in [4.69, 9.17) is 8.85 Å². The van der Waals surface area contributed by atoms with Gasteiger partial charge in [0.05, 0.1) is 13.2 Å². The topological polar surface area (TPSA) is 18.5 Å². The van der Waals surface area contributed by atoms with E-state index in [1.807, 2.05) is 0 Å². The van der Waals surface area contributed by atoms with Crippen molar-refractivity contribution in [2.24, 2.45) is 11.8 Å². The van der Waals surface area contributed by atoms with Gasteiger partial charge in [0.25, 0.3) is 0 Å². The maximum Gasteiger partial charge on any atom is 0.476 e. The molecule has 2 fully saturated rings. The fourth-order valence-electron chi connectivity index (χ4n) is 3.12. The molecule has 0 aliphatic heterocycles. The molecule has 19 heavy (non-hydrogen) atoms. The molecule has 2 rings (SSSR count). The van der Waals surface area contributed by atoms with E-state index in [2.05, 4.69) is 24.7 Å². The molecule has 0 aromatic carbocycles. The summed E-state index contributed by atoms with van der Waals surface area (Å²) in [4.78, 5) is 0. The third-order valence-corrected chi connectivity index (χ3v) is 5.96. The van der Waals surface area contributed by atoms with Gasteiger partial charge in [-0.15, -0.1) is 0 Å². The second-order valence-electron chi connectivity index (χ2n) is 5.75. The average Bonchev–Trinajstić information content (AvgIpc) is 3.08. The zero-order valence-corrected chi connectivity index (χ0v) is 13.3. The lowest BCUT2D eigenvalue weighted by Gasteiger charge is -2.10. The molecule has 108 valence electrons. The van der Waals surface area contributed by atoms with E-state index in [1.165, 1.54) is 51.4 Å². The molecule has 0 atom stereocenters. The zero-order valence-electron chi connectivity index (χ0n) is 12.3. The second-order valence-corrected chi connectivity index (χ2v) is 7.30. The number of hydrogen-bond donors (Lipinski definition) is 0. The van der Waals surface area contributed by atoms with Crippen molar-refractivity contribution in [1.29, 1.82) is 0 Å². The van der Waals surface area contributed by atoms with E-state index in [0.29, 0.717) is 0 Å². The summed E-state index contributed by atoms with van der Waals surface area (Å²) in [6.07, 6.45) is 15.5. The molecule has 0 unspecified atom stereocenters. The van der Waals surface area contributed by atoms with Gasteiger partial charge in [-0.05, 0) is 50.1 Å². The summed E-state index contributed by atoms with van der Waals surface area (Å²) in [5, 5.41) is 0. The average molecular weight is 280 g/mol. The Bertz CT molecular complexity index is 300. The minimum atomic E-state index is -1.15. The molecule has 0 spiro atoms. The Hall–Kier alpha value is -0.573. The Morgan fingerprint density at radius 2 is 1.58 bits per heavy atom. The van der Waals surface area contributed by atoms with Crippen LogP contribution >= 0.6 is 0 Å². The van der Waals surface area contributed by atoms with E-state index in [9.17, 15) is 0 Å². The van der Waals surface area contributed by atoms with Crippen LogP contribution in [0.4, 0.5) is 0 Å². The van der Waals surface area contributed by atoms with Crippen LogP contribution in [-0.4, -0.2) is 27.8 Å². The lowest BCUT2D eigenvalue weighted by Crippen LogP contribution is -2.19. The fourth-order valence-corrected chi connectivity index (χ4v) is 4.66. The molecule has 0 bridgehead atoms. The molecular weight excluding hydrogens is 252 g/mol. The highest BCUT2D eigenvalue weighted by Gasteiger charge is 2.16. The van der Waals surface area contributed by atoms with Crippen molar-refractivity contribution in [3.8, 4) is 0 Å². The molecule has 0 aromatic rings. The molecule has 0 heterocycles. The van der Waals surface area contributed by atoms with Gasteiger partial charge in [0.15, 0.2) is 0 Å². The molecule has 0 radical (unpaired) electrons. The van der Waals surface area contributed by atoms with Crippen LogP contribution in [0.3, 0.4) is 0 Å². The molecule has 2 aliphatic rings. The first-order chi connectivity index (χ1) is 9.38. The highest BCUT2D eigenvalue weighted by molar-refractivity contribution is 6.54. The SMILES string of the molecule is CCO[Si](=CC1CCCC1)OCC=CC1CCCC1. The van der Waals surface area contributed by atoms with Gasteiger partial charge >= 0.3 is 8.90 Å². The van der Waals surface area contributed by atoms with Gasteiger partial charge in [0, 0.05) is 0 Å². The van der Waals surface area contributed by atoms with Crippen molar-refractivity contribution in [2.45, 2.75) is 58.3 Å². The van der Waals surface area contributed by atoms with Gasteiger partial charge in [-0.3, -0.25) is 0 Å². The van der Waals surface area contributed by atoms with Crippen LogP contribution < -0.4 is 0 Å². The van der Waals surface area contributed by atoms with E-state index in [-0.39, 0.29) is 0 Å². The molecular formula is C16H28O2Si. The standard InChI is InChI=1S/C16H28O2Si/c1-2-17-19(14-16-10-5-6-11-16)18-13-7-12-15-8-3-4-9-15/h7,12,14-16H,2-6,8-11,13H2,1H3. The summed E-state index contributed by atoms with van der Waals surface area (Å²) in [6, 6.07) is 0. The predicted molar refractivity (Wildman–Crippen MR) is 82.5 cm³/mol. The van der Waals surface area contributed by atoms with E-state index >= 15 is 0 Å². The van der Waals surface area contributed by atoms with Gasteiger partial charge in [-0.25, -0.2) is 0 Å². The fraction of sp³-hybridized carbons (Fsp3) is 0.812. The van der Waals surface area contributed by atoms with Gasteiger partial charge in [0.1, 0.15) is 0 Å². The Kier molecular flexibility index (Phi) is 6.69. The second kappa shape index (κ2) is 8.57. The predicted octanol–water partition coefficient (Wildman–Crippen LogP) is 3.85. The Labute approximate surface area is 119 Å². The first-order valence-electron chi connectivity index (χ1n) is 8.02. The highest BCUT2D eigenvalue weighted by atomic mass is 28.3. The third kappa shape index (κ3) is 5.51. The molecule has 0 saturated heterocycles. The van der Waals surface area contributed by atoms with Crippen LogP contribution in [0.5, 0.6) is 0 Å². The monoisotopic (exact) mass is 280 g/mol. The quantitative estimate of drug-likeness (QED) is 0.521. The Morgan fingerprint density at radius 1 is 0.947 bits per heavy atom. The third-order valence-electron chi connectivity index (χ3n) is 4.19. The van der Waals surface area contributed by atoms with Gasteiger partial charge in [-0.1, -0.05) is 37.8 Å². The first kappa shape index (κ1) is 14.8. The van der Waals surface area contributed by atoms with Crippen LogP contribution in [0.15, 0.2) is 12.2 Å². The molecule has 2 aliphatic carbocycles. The number of allylic oxidation sites excluding steroid dienone is 1. The van der Waals surface area contributed by atoms with E-state index < -0.39 is 8.90 Å². The Balaban J connectivity index is 1.72. The van der Waals surface area contributed by atoms with Crippen molar-refractivity contribution in [3.63, 3.8) is 0 Å². The van der Waals surface area contributed by atoms with Crippen molar-refractivity contribution in [1.82, 2.24) is 0 Å². The van der Waals surface area contributed by atoms with Gasteiger partial charge < -0.3 is 8.85 Å². The van der Waals surface area contributed by atoms with Crippen molar-refractivity contribution in [3.05, 3.63) is 12.2 Å². The van der Waals surface area contributed by atoms with Crippen LogP contribution in [0.2, 0.25) is 0 Å². The summed E-state index contributed by atoms with van der Waals surface area (Å²) in [6.45, 7) is 3.56. The lowest BCUT2D eigenvalue weighted by molar-refractivity contribution is 0.243. The van der Waals surface area contributed by atoms with Crippen LogP contribution in [-0.2, 0) is 8.85 Å². The zero-order chi connectivity index (χ0) is 13.3. The summed E-state index contributed by atoms with van der Waals surface area (Å²) in [7, 11) is -1.15. The van der Waals surface area contributed by atoms with Crippen LogP contribution in [0.25, 0.3) is 0 Å². The van der Waals surface area contributed by atoms with Gasteiger partial charge in [-0.2, -0.15) is 0 Å². The van der Waals surface area contributed by atoms with Gasteiger partial charge in [0.2, 0.25) is 0 Å². The van der Waals surface area contributed by atoms with Crippen LogP contribution in [0, 0.1) is 11.8 Å². The molecule has 0 aromatic heterocycles. The highest BCUT2D eigenvalue weighted by Crippen LogP contribution is 2.25. The Morgan fingerprint density at radius 3 is 2.21 bits per heavy atom. The molecule has 0 amide bonds. The smallest absolute Gasteiger partial charge is 0.476 e. The van der Waals surface area contributed by atoms with Crippen molar-refractivity contribution in [2.75, 3.05) is 13.2 Å².